The molecule has 0 spiro atoms. The van der Waals surface area contributed by atoms with Gasteiger partial charge in [-0.2, -0.15) is 0 Å². The highest BCUT2D eigenvalue weighted by Crippen LogP contribution is 2.22. The molecule has 1 unspecified atom stereocenters. The van der Waals surface area contributed by atoms with Crippen molar-refractivity contribution < 1.29 is 13.9 Å². The lowest BCUT2D eigenvalue weighted by Crippen LogP contribution is -2.22. The minimum Gasteiger partial charge on any atom is -0.396 e. The van der Waals surface area contributed by atoms with Gasteiger partial charge >= 0.3 is 6.94 Å². The van der Waals surface area contributed by atoms with Crippen LogP contribution < -0.4 is 0 Å². The van der Waals surface area contributed by atoms with Gasteiger partial charge in [0.2, 0.25) is 0 Å². The molecule has 0 aliphatic carbocycles. The molecule has 1 saturated heterocycles. The summed E-state index contributed by atoms with van der Waals surface area (Å²) in [6.45, 7) is -0.206. The van der Waals surface area contributed by atoms with Crippen molar-refractivity contribution in [2.45, 2.75) is 18.6 Å². The van der Waals surface area contributed by atoms with Crippen LogP contribution in [0.5, 0.6) is 0 Å². The fourth-order valence-corrected chi connectivity index (χ4v) is 2.42. The molecule has 0 radical (unpaired) electrons. The summed E-state index contributed by atoms with van der Waals surface area (Å²) in [5, 5.41) is 0. The molecule has 13 heavy (non-hydrogen) atoms. The van der Waals surface area contributed by atoms with E-state index in [-0.39, 0.29) is 0 Å². The van der Waals surface area contributed by atoms with E-state index in [1.165, 1.54) is 0 Å². The molecule has 1 atom stereocenters. The summed E-state index contributed by atoms with van der Waals surface area (Å²) in [6, 6.07) is 0.706. The Kier molecular flexibility index (Phi) is 5.00. The van der Waals surface area contributed by atoms with E-state index in [0.717, 1.165) is 13.0 Å². The maximum absolute atomic E-state index is 5.88. The summed E-state index contributed by atoms with van der Waals surface area (Å²) < 4.78 is 15.3. The molecule has 0 N–H and O–H groups in total. The highest BCUT2D eigenvalue weighted by atomic mass is 35.7. The van der Waals surface area contributed by atoms with Crippen molar-refractivity contribution in [1.29, 1.82) is 0 Å². The first-order chi connectivity index (χ1) is 6.14. The second-order valence-electron chi connectivity index (χ2n) is 2.98. The summed E-state index contributed by atoms with van der Waals surface area (Å²) in [5.74, 6) is 0. The Bertz CT molecular complexity index is 153. The van der Waals surface area contributed by atoms with E-state index in [1.54, 1.807) is 7.11 Å². The Morgan fingerprint density at radius 2 is 2.23 bits per heavy atom. The lowest BCUT2D eigenvalue weighted by Gasteiger charge is -2.13. The first-order valence-electron chi connectivity index (χ1n) is 4.26. The maximum atomic E-state index is 5.88. The predicted molar refractivity (Wildman–Crippen MR) is 54.5 cm³/mol. The molecular weight excluding hydrogens is 231 g/mol. The molecule has 1 aliphatic rings. The van der Waals surface area contributed by atoms with Crippen molar-refractivity contribution in [3.8, 4) is 0 Å². The SMILES string of the molecule is CO[Si](Cl)(Cl)CCCOCC1CO1. The quantitative estimate of drug-likeness (QED) is 0.297. The van der Waals surface area contributed by atoms with Crippen molar-refractivity contribution >= 4 is 29.1 Å². The number of epoxide rings is 1. The van der Waals surface area contributed by atoms with E-state index in [0.29, 0.717) is 25.4 Å². The lowest BCUT2D eigenvalue weighted by atomic mass is 10.5. The molecule has 0 bridgehead atoms. The van der Waals surface area contributed by atoms with Crippen LogP contribution in [0.3, 0.4) is 0 Å². The van der Waals surface area contributed by atoms with E-state index >= 15 is 0 Å². The number of hydrogen-bond donors (Lipinski definition) is 0. The summed E-state index contributed by atoms with van der Waals surface area (Å²) in [7, 11) is 1.55. The second kappa shape index (κ2) is 5.53. The monoisotopic (exact) mass is 244 g/mol. The van der Waals surface area contributed by atoms with Crippen LogP contribution in [0.2, 0.25) is 6.04 Å². The van der Waals surface area contributed by atoms with Crippen molar-refractivity contribution in [2.24, 2.45) is 0 Å². The van der Waals surface area contributed by atoms with Gasteiger partial charge in [-0.1, -0.05) is 0 Å². The molecular formula is C7H14Cl2O3Si. The molecule has 1 rings (SSSR count). The predicted octanol–water partition coefficient (Wildman–Crippen LogP) is 1.85. The topological polar surface area (TPSA) is 31.0 Å². The Hall–Kier alpha value is 0.677. The molecule has 1 fully saturated rings. The van der Waals surface area contributed by atoms with E-state index < -0.39 is 6.94 Å². The van der Waals surface area contributed by atoms with Crippen LogP contribution in [0, 0.1) is 0 Å². The average molecular weight is 245 g/mol. The summed E-state index contributed by atoms with van der Waals surface area (Å²) in [5.41, 5.74) is 0. The third-order valence-corrected chi connectivity index (χ3v) is 5.35. The summed E-state index contributed by atoms with van der Waals surface area (Å²) in [4.78, 5) is 0. The number of halogens is 2. The van der Waals surface area contributed by atoms with Gasteiger partial charge in [0.15, 0.2) is 0 Å². The number of rotatable bonds is 7. The lowest BCUT2D eigenvalue weighted by molar-refractivity contribution is 0.116. The standard InChI is InChI=1S/C7H14Cl2O3Si/c1-10-13(8,9)4-2-3-11-5-7-6-12-7/h7H,2-6H2,1H3. The van der Waals surface area contributed by atoms with Crippen LogP contribution in [0.1, 0.15) is 6.42 Å². The van der Waals surface area contributed by atoms with Crippen molar-refractivity contribution in [1.82, 2.24) is 0 Å². The van der Waals surface area contributed by atoms with Crippen molar-refractivity contribution in [2.75, 3.05) is 26.9 Å². The second-order valence-corrected chi connectivity index (χ2v) is 9.40. The van der Waals surface area contributed by atoms with Gasteiger partial charge in [0.05, 0.1) is 13.2 Å². The Labute approximate surface area is 88.8 Å². The number of hydrogen-bond acceptors (Lipinski definition) is 3. The van der Waals surface area contributed by atoms with Crippen LogP contribution in [-0.4, -0.2) is 40.0 Å². The van der Waals surface area contributed by atoms with E-state index in [9.17, 15) is 0 Å². The summed E-state index contributed by atoms with van der Waals surface area (Å²) >= 11 is 11.8. The van der Waals surface area contributed by atoms with Crippen LogP contribution in [0.4, 0.5) is 0 Å². The highest BCUT2D eigenvalue weighted by Gasteiger charge is 2.28. The van der Waals surface area contributed by atoms with Gasteiger partial charge in [0, 0.05) is 13.7 Å². The van der Waals surface area contributed by atoms with E-state index in [1.807, 2.05) is 0 Å². The van der Waals surface area contributed by atoms with Gasteiger partial charge < -0.3 is 13.9 Å². The summed E-state index contributed by atoms with van der Waals surface area (Å²) in [6.07, 6.45) is 1.18. The third kappa shape index (κ3) is 5.88. The average Bonchev–Trinajstić information content (AvgIpc) is 2.87. The van der Waals surface area contributed by atoms with Crippen LogP contribution >= 0.6 is 22.2 Å². The Balaban J connectivity index is 1.87. The van der Waals surface area contributed by atoms with Gasteiger partial charge in [-0.25, -0.2) is 0 Å². The first kappa shape index (κ1) is 11.7. The molecule has 0 aromatic rings. The van der Waals surface area contributed by atoms with Gasteiger partial charge in [-0.15, -0.1) is 22.2 Å². The van der Waals surface area contributed by atoms with Crippen molar-refractivity contribution in [3.63, 3.8) is 0 Å². The molecule has 6 heteroatoms. The van der Waals surface area contributed by atoms with Gasteiger partial charge in [0.25, 0.3) is 0 Å². The zero-order valence-electron chi connectivity index (χ0n) is 7.59. The zero-order valence-corrected chi connectivity index (χ0v) is 10.1. The fraction of sp³-hybridized carbons (Fsp3) is 1.00. The molecule has 0 aromatic heterocycles. The van der Waals surface area contributed by atoms with Crippen molar-refractivity contribution in [3.05, 3.63) is 0 Å². The minimum absolute atomic E-state index is 0.330. The fourth-order valence-electron chi connectivity index (χ4n) is 0.861. The largest absolute Gasteiger partial charge is 0.396 e. The molecule has 78 valence electrons. The molecule has 3 nitrogen and oxygen atoms in total. The van der Waals surface area contributed by atoms with Gasteiger partial charge in [-0.05, 0) is 12.5 Å². The third-order valence-electron chi connectivity index (χ3n) is 1.76. The molecule has 0 saturated carbocycles. The molecule has 1 heterocycles. The Morgan fingerprint density at radius 3 is 2.77 bits per heavy atom. The highest BCUT2D eigenvalue weighted by molar-refractivity contribution is 7.42. The van der Waals surface area contributed by atoms with E-state index in [4.69, 9.17) is 36.1 Å². The Morgan fingerprint density at radius 1 is 1.54 bits per heavy atom. The van der Waals surface area contributed by atoms with Gasteiger partial charge in [0.1, 0.15) is 6.10 Å². The zero-order chi connectivity index (χ0) is 9.73. The smallest absolute Gasteiger partial charge is 0.389 e. The molecule has 0 amide bonds. The first-order valence-corrected chi connectivity index (χ1v) is 8.40. The van der Waals surface area contributed by atoms with E-state index in [2.05, 4.69) is 0 Å². The van der Waals surface area contributed by atoms with Gasteiger partial charge in [-0.3, -0.25) is 0 Å². The normalized spacial score (nSPS) is 21.9. The maximum Gasteiger partial charge on any atom is 0.389 e. The molecule has 1 aliphatic heterocycles. The van der Waals surface area contributed by atoms with Crippen LogP contribution in [0.25, 0.3) is 0 Å². The number of ether oxygens (including phenoxy) is 2. The van der Waals surface area contributed by atoms with Crippen LogP contribution in [0.15, 0.2) is 0 Å². The minimum atomic E-state index is -2.41. The molecule has 0 aromatic carbocycles. The van der Waals surface area contributed by atoms with Crippen LogP contribution in [-0.2, 0) is 13.9 Å².